The number of ether oxygens (including phenoxy) is 4. The molecule has 8 nitrogen and oxygen atoms in total. The highest BCUT2D eigenvalue weighted by molar-refractivity contribution is 6.06. The highest BCUT2D eigenvalue weighted by Gasteiger charge is 2.31. The fourth-order valence-corrected chi connectivity index (χ4v) is 3.40. The number of carbonyl (C=O) groups excluding carboxylic acids is 2. The van der Waals surface area contributed by atoms with E-state index in [1.54, 1.807) is 30.3 Å². The molecule has 8 heteroatoms. The van der Waals surface area contributed by atoms with E-state index < -0.39 is 11.9 Å². The third kappa shape index (κ3) is 5.39. The van der Waals surface area contributed by atoms with Crippen molar-refractivity contribution in [2.45, 2.75) is 27.2 Å². The lowest BCUT2D eigenvalue weighted by Crippen LogP contribution is -2.15. The lowest BCUT2D eigenvalue weighted by atomic mass is 10.0. The molecule has 180 valence electrons. The quantitative estimate of drug-likeness (QED) is 0.391. The number of nitrogens with zero attached hydrogens (tertiary/aromatic N) is 2. The maximum atomic E-state index is 12.8. The molecule has 0 bridgehead atoms. The van der Waals surface area contributed by atoms with Crippen molar-refractivity contribution in [3.05, 3.63) is 59.8 Å². The smallest absolute Gasteiger partial charge is 0.357 e. The molecular weight excluding hydrogens is 436 g/mol. The van der Waals surface area contributed by atoms with Crippen molar-refractivity contribution >= 4 is 11.9 Å². The number of rotatable bonds is 10. The molecule has 0 atom stereocenters. The van der Waals surface area contributed by atoms with E-state index in [2.05, 4.69) is 18.9 Å². The Morgan fingerprint density at radius 2 is 1.65 bits per heavy atom. The monoisotopic (exact) mass is 466 g/mol. The van der Waals surface area contributed by atoms with E-state index in [1.165, 1.54) is 18.9 Å². The Balaban J connectivity index is 2.18. The summed E-state index contributed by atoms with van der Waals surface area (Å²) in [5.41, 5.74) is 1.42. The van der Waals surface area contributed by atoms with Crippen LogP contribution in [0.15, 0.2) is 48.5 Å². The number of hydrogen-bond acceptors (Lipinski definition) is 7. The number of benzene rings is 2. The van der Waals surface area contributed by atoms with E-state index in [9.17, 15) is 9.59 Å². The predicted octanol–water partition coefficient (Wildman–Crippen LogP) is 4.94. The van der Waals surface area contributed by atoms with Crippen LogP contribution < -0.4 is 9.47 Å². The molecule has 3 rings (SSSR count). The first kappa shape index (κ1) is 24.8. The van der Waals surface area contributed by atoms with Gasteiger partial charge in [0.25, 0.3) is 0 Å². The second kappa shape index (κ2) is 11.4. The first-order valence-electron chi connectivity index (χ1n) is 11.2. The normalized spacial score (nSPS) is 10.8. The van der Waals surface area contributed by atoms with Crippen LogP contribution in [-0.2, 0) is 9.47 Å². The number of hydrogen-bond donors (Lipinski definition) is 0. The lowest BCUT2D eigenvalue weighted by molar-refractivity contribution is 0.0549. The molecule has 0 aliphatic rings. The number of para-hydroxylation sites is 1. The van der Waals surface area contributed by atoms with Gasteiger partial charge >= 0.3 is 11.9 Å². The molecule has 0 saturated heterocycles. The Hall–Kier alpha value is -3.81. The van der Waals surface area contributed by atoms with Crippen LogP contribution in [0.3, 0.4) is 0 Å². The minimum atomic E-state index is -0.707. The molecule has 3 aromatic rings. The number of aromatic nitrogens is 2. The van der Waals surface area contributed by atoms with Gasteiger partial charge in [-0.3, -0.25) is 0 Å². The lowest BCUT2D eigenvalue weighted by Gasteiger charge is -2.14. The fraction of sp³-hybridized carbons (Fsp3) is 0.346. The Morgan fingerprint density at radius 1 is 0.941 bits per heavy atom. The molecule has 1 heterocycles. The zero-order chi connectivity index (χ0) is 24.7. The summed E-state index contributed by atoms with van der Waals surface area (Å²) < 4.78 is 23.1. The number of carbonyl (C=O) groups is 2. The summed E-state index contributed by atoms with van der Waals surface area (Å²) in [5, 5.41) is 4.62. The molecule has 1 aromatic heterocycles. The molecule has 0 amide bonds. The minimum absolute atomic E-state index is 0.00845. The molecule has 0 saturated carbocycles. The van der Waals surface area contributed by atoms with E-state index >= 15 is 0 Å². The van der Waals surface area contributed by atoms with Gasteiger partial charge in [0.1, 0.15) is 11.3 Å². The second-order valence-corrected chi connectivity index (χ2v) is 7.93. The van der Waals surface area contributed by atoms with Crippen molar-refractivity contribution < 1.29 is 28.5 Å². The van der Waals surface area contributed by atoms with Crippen molar-refractivity contribution in [2.24, 2.45) is 5.92 Å². The van der Waals surface area contributed by atoms with Gasteiger partial charge in [0, 0.05) is 5.56 Å². The maximum absolute atomic E-state index is 12.8. The van der Waals surface area contributed by atoms with Crippen molar-refractivity contribution in [3.8, 4) is 28.4 Å². The van der Waals surface area contributed by atoms with Crippen LogP contribution in [0.5, 0.6) is 11.5 Å². The van der Waals surface area contributed by atoms with E-state index in [-0.39, 0.29) is 17.0 Å². The Labute approximate surface area is 199 Å². The first-order valence-corrected chi connectivity index (χ1v) is 11.2. The fourth-order valence-electron chi connectivity index (χ4n) is 3.40. The average Bonchev–Trinajstić information content (AvgIpc) is 3.25. The van der Waals surface area contributed by atoms with Crippen LogP contribution in [0.4, 0.5) is 0 Å². The topological polar surface area (TPSA) is 88.9 Å². The number of esters is 2. The van der Waals surface area contributed by atoms with Gasteiger partial charge in [0.15, 0.2) is 17.2 Å². The van der Waals surface area contributed by atoms with Crippen molar-refractivity contribution in [1.29, 1.82) is 0 Å². The standard InChI is InChI=1S/C26H30N2O6/c1-6-33-21-16-18(12-13-20(21)34-15-14-17(2)3)23-22(25(29)31-4)24(26(30)32-5)28(27-23)19-10-8-7-9-11-19/h7-13,16-17H,6,14-15H2,1-5H3. The van der Waals surface area contributed by atoms with Crippen LogP contribution in [0.1, 0.15) is 48.0 Å². The van der Waals surface area contributed by atoms with Gasteiger partial charge in [-0.05, 0) is 49.6 Å². The SMILES string of the molecule is CCOc1cc(-c2nn(-c3ccccc3)c(C(=O)OC)c2C(=O)OC)ccc1OCCC(C)C. The van der Waals surface area contributed by atoms with Crippen molar-refractivity contribution in [2.75, 3.05) is 27.4 Å². The van der Waals surface area contributed by atoms with Gasteiger partial charge in [-0.25, -0.2) is 14.3 Å². The molecule has 0 spiro atoms. The van der Waals surface area contributed by atoms with Gasteiger partial charge in [0.2, 0.25) is 0 Å². The maximum Gasteiger partial charge on any atom is 0.357 e. The van der Waals surface area contributed by atoms with Gasteiger partial charge < -0.3 is 18.9 Å². The highest BCUT2D eigenvalue weighted by Crippen LogP contribution is 2.36. The molecule has 0 aliphatic carbocycles. The molecule has 34 heavy (non-hydrogen) atoms. The third-order valence-electron chi connectivity index (χ3n) is 5.12. The molecule has 0 aliphatic heterocycles. The Bertz CT molecular complexity index is 1140. The van der Waals surface area contributed by atoms with Gasteiger partial charge in [-0.1, -0.05) is 32.0 Å². The van der Waals surface area contributed by atoms with E-state index in [0.717, 1.165) is 6.42 Å². The largest absolute Gasteiger partial charge is 0.490 e. The number of methoxy groups -OCH3 is 2. The molecule has 0 unspecified atom stereocenters. The van der Waals surface area contributed by atoms with Gasteiger partial charge in [-0.15, -0.1) is 0 Å². The van der Waals surface area contributed by atoms with Crippen molar-refractivity contribution in [3.63, 3.8) is 0 Å². The summed E-state index contributed by atoms with van der Waals surface area (Å²) in [4.78, 5) is 25.6. The summed E-state index contributed by atoms with van der Waals surface area (Å²) in [6.45, 7) is 7.13. The van der Waals surface area contributed by atoms with Crippen LogP contribution in [-0.4, -0.2) is 49.2 Å². The molecule has 0 radical (unpaired) electrons. The first-order chi connectivity index (χ1) is 16.4. The summed E-state index contributed by atoms with van der Waals surface area (Å²) in [6.07, 6.45) is 0.907. The zero-order valence-corrected chi connectivity index (χ0v) is 20.2. The zero-order valence-electron chi connectivity index (χ0n) is 20.2. The molecular formula is C26H30N2O6. The average molecular weight is 467 g/mol. The van der Waals surface area contributed by atoms with E-state index in [1.807, 2.05) is 25.1 Å². The third-order valence-corrected chi connectivity index (χ3v) is 5.12. The second-order valence-electron chi connectivity index (χ2n) is 7.93. The van der Waals surface area contributed by atoms with Crippen LogP contribution in [0.25, 0.3) is 16.9 Å². The summed E-state index contributed by atoms with van der Waals surface area (Å²) in [5.74, 6) is 0.223. The summed E-state index contributed by atoms with van der Waals surface area (Å²) >= 11 is 0. The van der Waals surface area contributed by atoms with E-state index in [0.29, 0.717) is 41.9 Å². The summed E-state index contributed by atoms with van der Waals surface area (Å²) in [7, 11) is 2.51. The minimum Gasteiger partial charge on any atom is -0.490 e. The van der Waals surface area contributed by atoms with Crippen LogP contribution in [0, 0.1) is 5.92 Å². The van der Waals surface area contributed by atoms with Gasteiger partial charge in [0.05, 0.1) is 33.1 Å². The summed E-state index contributed by atoms with van der Waals surface area (Å²) in [6, 6.07) is 14.3. The van der Waals surface area contributed by atoms with Crippen LogP contribution >= 0.6 is 0 Å². The molecule has 2 aromatic carbocycles. The molecule has 0 N–H and O–H groups in total. The predicted molar refractivity (Wildman–Crippen MR) is 128 cm³/mol. The van der Waals surface area contributed by atoms with Gasteiger partial charge in [-0.2, -0.15) is 5.10 Å². The van der Waals surface area contributed by atoms with Crippen LogP contribution in [0.2, 0.25) is 0 Å². The molecule has 0 fully saturated rings. The highest BCUT2D eigenvalue weighted by atomic mass is 16.5. The Morgan fingerprint density at radius 3 is 2.26 bits per heavy atom. The Kier molecular flexibility index (Phi) is 8.29. The van der Waals surface area contributed by atoms with Crippen molar-refractivity contribution in [1.82, 2.24) is 9.78 Å². The van der Waals surface area contributed by atoms with E-state index in [4.69, 9.17) is 18.9 Å².